The van der Waals surface area contributed by atoms with E-state index in [1.165, 1.54) is 16.5 Å². The largest absolute Gasteiger partial charge is 0.497 e. The Bertz CT molecular complexity index is 1080. The van der Waals surface area contributed by atoms with Crippen molar-refractivity contribution < 1.29 is 19.4 Å². The van der Waals surface area contributed by atoms with Crippen molar-refractivity contribution in [2.75, 3.05) is 20.2 Å². The number of aromatic amines is 1. The molecule has 2 N–H and O–H groups in total. The quantitative estimate of drug-likeness (QED) is 0.696. The molecule has 0 atom stereocenters. The Kier molecular flexibility index (Phi) is 4.56. The highest BCUT2D eigenvalue weighted by atomic mass is 16.5. The van der Waals surface area contributed by atoms with Gasteiger partial charge in [0.25, 0.3) is 0 Å². The van der Waals surface area contributed by atoms with E-state index in [-0.39, 0.29) is 18.1 Å². The maximum Gasteiger partial charge on any atom is 0.358 e. The number of carbonyl (C=O) groups is 2. The van der Waals surface area contributed by atoms with Gasteiger partial charge in [-0.15, -0.1) is 5.10 Å². The lowest BCUT2D eigenvalue weighted by Crippen LogP contribution is -2.37. The fraction of sp³-hybridized carbons (Fsp3) is 0.263. The van der Waals surface area contributed by atoms with E-state index in [0.717, 1.165) is 28.6 Å². The average Bonchev–Trinajstić information content (AvgIpc) is 3.34. The molecular formula is C19H19N5O4. The molecule has 144 valence electrons. The van der Waals surface area contributed by atoms with E-state index in [1.807, 2.05) is 30.5 Å². The summed E-state index contributed by atoms with van der Waals surface area (Å²) in [4.78, 5) is 28.3. The molecule has 9 nitrogen and oxygen atoms in total. The number of H-pyrrole nitrogens is 1. The Morgan fingerprint density at radius 3 is 2.89 bits per heavy atom. The standard InChI is InChI=1S/C19H19N5O4/c1-28-13-2-3-16-14(8-13)15(9-20-16)12-4-6-23(7-5-12)18(25)11-24-10-17(19(26)27)21-22-24/h2-4,8-10,20H,5-7,11H2,1H3,(H,26,27). The van der Waals surface area contributed by atoms with Gasteiger partial charge in [-0.1, -0.05) is 11.3 Å². The van der Waals surface area contributed by atoms with Crippen molar-refractivity contribution in [3.05, 3.63) is 47.9 Å². The Morgan fingerprint density at radius 2 is 2.21 bits per heavy atom. The summed E-state index contributed by atoms with van der Waals surface area (Å²) in [5.74, 6) is -0.493. The molecule has 0 aliphatic carbocycles. The number of methoxy groups -OCH3 is 1. The van der Waals surface area contributed by atoms with Gasteiger partial charge in [0.1, 0.15) is 12.3 Å². The lowest BCUT2D eigenvalue weighted by Gasteiger charge is -2.26. The van der Waals surface area contributed by atoms with Gasteiger partial charge in [0.2, 0.25) is 5.91 Å². The monoisotopic (exact) mass is 381 g/mol. The molecule has 0 spiro atoms. The van der Waals surface area contributed by atoms with Crippen molar-refractivity contribution in [1.82, 2.24) is 24.9 Å². The van der Waals surface area contributed by atoms with Crippen LogP contribution in [0.2, 0.25) is 0 Å². The number of carboxylic acids is 1. The van der Waals surface area contributed by atoms with E-state index in [9.17, 15) is 9.59 Å². The van der Waals surface area contributed by atoms with E-state index < -0.39 is 5.97 Å². The van der Waals surface area contributed by atoms with E-state index in [2.05, 4.69) is 15.3 Å². The molecule has 1 aromatic carbocycles. The summed E-state index contributed by atoms with van der Waals surface area (Å²) in [6.45, 7) is 1.04. The predicted molar refractivity (Wildman–Crippen MR) is 101 cm³/mol. The molecular weight excluding hydrogens is 362 g/mol. The lowest BCUT2D eigenvalue weighted by atomic mass is 9.99. The number of fused-ring (bicyclic) bond motifs is 1. The molecule has 0 saturated heterocycles. The number of ether oxygens (including phenoxy) is 1. The zero-order valence-corrected chi connectivity index (χ0v) is 15.3. The Labute approximate surface area is 160 Å². The summed E-state index contributed by atoms with van der Waals surface area (Å²) < 4.78 is 6.57. The summed E-state index contributed by atoms with van der Waals surface area (Å²) in [7, 11) is 1.64. The van der Waals surface area contributed by atoms with Gasteiger partial charge in [0.15, 0.2) is 5.69 Å². The fourth-order valence-corrected chi connectivity index (χ4v) is 3.34. The number of aromatic carboxylic acids is 1. The first kappa shape index (κ1) is 17.8. The molecule has 1 aliphatic rings. The molecule has 2 aromatic heterocycles. The minimum atomic E-state index is -1.17. The van der Waals surface area contributed by atoms with E-state index in [4.69, 9.17) is 9.84 Å². The molecule has 0 unspecified atom stereocenters. The molecule has 3 aromatic rings. The smallest absolute Gasteiger partial charge is 0.358 e. The predicted octanol–water partition coefficient (Wildman–Crippen LogP) is 1.78. The van der Waals surface area contributed by atoms with Gasteiger partial charge in [0, 0.05) is 35.8 Å². The van der Waals surface area contributed by atoms with Gasteiger partial charge in [-0.05, 0) is 30.2 Å². The van der Waals surface area contributed by atoms with Crippen molar-refractivity contribution in [3.8, 4) is 5.75 Å². The van der Waals surface area contributed by atoms with E-state index >= 15 is 0 Å². The number of benzene rings is 1. The third-order valence-electron chi connectivity index (χ3n) is 4.85. The first-order valence-corrected chi connectivity index (χ1v) is 8.81. The van der Waals surface area contributed by atoms with Gasteiger partial charge >= 0.3 is 5.97 Å². The summed E-state index contributed by atoms with van der Waals surface area (Å²) in [6.07, 6.45) is 6.02. The van der Waals surface area contributed by atoms with Crippen LogP contribution in [0.5, 0.6) is 5.75 Å². The summed E-state index contributed by atoms with van der Waals surface area (Å²) in [5, 5.41) is 17.2. The first-order valence-electron chi connectivity index (χ1n) is 8.81. The SMILES string of the molecule is COc1ccc2[nH]cc(C3=CCN(C(=O)Cn4cc(C(=O)O)nn4)CC3)c2c1. The van der Waals surface area contributed by atoms with Crippen LogP contribution in [-0.4, -0.2) is 62.1 Å². The van der Waals surface area contributed by atoms with Gasteiger partial charge in [0.05, 0.1) is 13.3 Å². The Hall–Kier alpha value is -3.62. The number of nitrogens with one attached hydrogen (secondary N) is 1. The zero-order valence-electron chi connectivity index (χ0n) is 15.3. The highest BCUT2D eigenvalue weighted by Gasteiger charge is 2.20. The number of nitrogens with zero attached hydrogens (tertiary/aromatic N) is 4. The van der Waals surface area contributed by atoms with Gasteiger partial charge in [-0.25, -0.2) is 9.48 Å². The van der Waals surface area contributed by atoms with Crippen molar-refractivity contribution in [3.63, 3.8) is 0 Å². The lowest BCUT2D eigenvalue weighted by molar-refractivity contribution is -0.131. The Balaban J connectivity index is 1.47. The van der Waals surface area contributed by atoms with Gasteiger partial charge in [-0.3, -0.25) is 4.79 Å². The second kappa shape index (κ2) is 7.18. The second-order valence-corrected chi connectivity index (χ2v) is 6.54. The Morgan fingerprint density at radius 1 is 1.36 bits per heavy atom. The summed E-state index contributed by atoms with van der Waals surface area (Å²) in [6, 6.07) is 5.91. The fourth-order valence-electron chi connectivity index (χ4n) is 3.34. The van der Waals surface area contributed by atoms with E-state index in [0.29, 0.717) is 13.1 Å². The van der Waals surface area contributed by atoms with E-state index in [1.54, 1.807) is 12.0 Å². The van der Waals surface area contributed by atoms with Crippen LogP contribution in [0.1, 0.15) is 22.5 Å². The third kappa shape index (κ3) is 3.34. The minimum Gasteiger partial charge on any atom is -0.497 e. The molecule has 3 heterocycles. The number of hydrogen-bond donors (Lipinski definition) is 2. The average molecular weight is 381 g/mol. The number of aromatic nitrogens is 4. The molecule has 0 bridgehead atoms. The number of rotatable bonds is 5. The molecule has 9 heteroatoms. The van der Waals surface area contributed by atoms with Crippen LogP contribution in [0.15, 0.2) is 36.7 Å². The molecule has 1 aliphatic heterocycles. The van der Waals surface area contributed by atoms with Crippen LogP contribution in [0.3, 0.4) is 0 Å². The van der Waals surface area contributed by atoms with Crippen LogP contribution in [0.25, 0.3) is 16.5 Å². The maximum atomic E-state index is 12.5. The van der Waals surface area contributed by atoms with Crippen molar-refractivity contribution in [2.45, 2.75) is 13.0 Å². The second-order valence-electron chi connectivity index (χ2n) is 6.54. The van der Waals surface area contributed by atoms with Crippen LogP contribution in [-0.2, 0) is 11.3 Å². The van der Waals surface area contributed by atoms with Gasteiger partial charge < -0.3 is 19.7 Å². The summed E-state index contributed by atoms with van der Waals surface area (Å²) in [5.41, 5.74) is 3.15. The van der Waals surface area contributed by atoms with Crippen LogP contribution in [0, 0.1) is 0 Å². The van der Waals surface area contributed by atoms with Crippen molar-refractivity contribution >= 4 is 28.4 Å². The molecule has 0 radical (unpaired) electrons. The first-order chi connectivity index (χ1) is 13.5. The van der Waals surface area contributed by atoms with Crippen LogP contribution >= 0.6 is 0 Å². The van der Waals surface area contributed by atoms with Crippen molar-refractivity contribution in [1.29, 1.82) is 0 Å². The zero-order chi connectivity index (χ0) is 19.7. The summed E-state index contributed by atoms with van der Waals surface area (Å²) >= 11 is 0. The molecule has 0 fully saturated rings. The molecule has 4 rings (SSSR count). The van der Waals surface area contributed by atoms with Crippen molar-refractivity contribution in [2.24, 2.45) is 0 Å². The normalized spacial score (nSPS) is 14.2. The number of carboxylic acid groups (broad SMARTS) is 1. The number of hydrogen-bond acceptors (Lipinski definition) is 5. The van der Waals surface area contributed by atoms with Gasteiger partial charge in [-0.2, -0.15) is 0 Å². The van der Waals surface area contributed by atoms with Crippen LogP contribution in [0.4, 0.5) is 0 Å². The number of carbonyl (C=O) groups excluding carboxylic acids is 1. The third-order valence-corrected chi connectivity index (χ3v) is 4.85. The molecule has 0 saturated carbocycles. The highest BCUT2D eigenvalue weighted by Crippen LogP contribution is 2.31. The maximum absolute atomic E-state index is 12.5. The topological polar surface area (TPSA) is 113 Å². The minimum absolute atomic E-state index is 0.0340. The molecule has 28 heavy (non-hydrogen) atoms. The van der Waals surface area contributed by atoms with Crippen LogP contribution < -0.4 is 4.74 Å². The molecule has 1 amide bonds. The highest BCUT2D eigenvalue weighted by molar-refractivity contribution is 5.94. The number of amides is 1.